The molecule has 0 aliphatic heterocycles. The average Bonchev–Trinajstić information content (AvgIpc) is 2.77. The zero-order valence-electron chi connectivity index (χ0n) is 18.3. The minimum absolute atomic E-state index is 0.0175. The van der Waals surface area contributed by atoms with Gasteiger partial charge in [0.1, 0.15) is 5.69 Å². The molecule has 0 bridgehead atoms. The Hall–Kier alpha value is -4.28. The lowest BCUT2D eigenvalue weighted by atomic mass is 10.2. The summed E-state index contributed by atoms with van der Waals surface area (Å²) >= 11 is 0. The lowest BCUT2D eigenvalue weighted by molar-refractivity contribution is -0.386. The van der Waals surface area contributed by atoms with E-state index in [1.165, 1.54) is 25.5 Å². The molecule has 1 aromatic heterocycles. The molecule has 0 saturated carbocycles. The van der Waals surface area contributed by atoms with Gasteiger partial charge < -0.3 is 14.5 Å². The van der Waals surface area contributed by atoms with Gasteiger partial charge in [0.05, 0.1) is 35.4 Å². The molecule has 0 aliphatic carbocycles. The Kier molecular flexibility index (Phi) is 7.34. The quantitative estimate of drug-likeness (QED) is 0.287. The molecule has 3 aromatic rings. The number of H-pyrrole nitrogens is 1. The van der Waals surface area contributed by atoms with Gasteiger partial charge in [0.2, 0.25) is 11.7 Å². The van der Waals surface area contributed by atoms with Gasteiger partial charge in [-0.1, -0.05) is 12.1 Å². The number of hydrogen-bond donors (Lipinski definition) is 2. The molecule has 3 rings (SSSR count). The van der Waals surface area contributed by atoms with E-state index < -0.39 is 10.8 Å². The molecule has 0 fully saturated rings. The molecule has 33 heavy (non-hydrogen) atoms. The van der Waals surface area contributed by atoms with Crippen molar-refractivity contribution < 1.29 is 19.2 Å². The molecule has 1 amide bonds. The van der Waals surface area contributed by atoms with Crippen LogP contribution in [-0.2, 0) is 11.2 Å². The van der Waals surface area contributed by atoms with Gasteiger partial charge in [-0.15, -0.1) is 0 Å². The largest absolute Gasteiger partial charge is 0.493 e. The van der Waals surface area contributed by atoms with Crippen molar-refractivity contribution in [3.8, 4) is 11.5 Å². The first-order valence-corrected chi connectivity index (χ1v) is 10.1. The number of para-hydroxylation sites is 2. The van der Waals surface area contributed by atoms with Crippen molar-refractivity contribution in [2.75, 3.05) is 7.11 Å². The lowest BCUT2D eigenvalue weighted by Gasteiger charge is -2.14. The van der Waals surface area contributed by atoms with Crippen molar-refractivity contribution in [2.24, 2.45) is 5.10 Å². The molecule has 11 nitrogen and oxygen atoms in total. The van der Waals surface area contributed by atoms with Crippen LogP contribution in [0.25, 0.3) is 11.0 Å². The lowest BCUT2D eigenvalue weighted by Crippen LogP contribution is -2.21. The van der Waals surface area contributed by atoms with Gasteiger partial charge in [0.15, 0.2) is 5.75 Å². The van der Waals surface area contributed by atoms with Gasteiger partial charge in [-0.3, -0.25) is 19.7 Å². The van der Waals surface area contributed by atoms with Crippen LogP contribution >= 0.6 is 0 Å². The van der Waals surface area contributed by atoms with E-state index in [0.29, 0.717) is 16.6 Å². The van der Waals surface area contributed by atoms with E-state index >= 15 is 0 Å². The van der Waals surface area contributed by atoms with Crippen molar-refractivity contribution in [1.29, 1.82) is 0 Å². The van der Waals surface area contributed by atoms with Crippen molar-refractivity contribution >= 4 is 28.8 Å². The summed E-state index contributed by atoms with van der Waals surface area (Å²) < 4.78 is 10.7. The zero-order valence-corrected chi connectivity index (χ0v) is 18.3. The summed E-state index contributed by atoms with van der Waals surface area (Å²) in [5, 5.41) is 15.3. The monoisotopic (exact) mass is 453 g/mol. The molecule has 0 unspecified atom stereocenters. The van der Waals surface area contributed by atoms with Gasteiger partial charge in [0.25, 0.3) is 5.56 Å². The Balaban J connectivity index is 1.67. The summed E-state index contributed by atoms with van der Waals surface area (Å²) in [4.78, 5) is 42.2. The first-order valence-electron chi connectivity index (χ1n) is 10.1. The molecule has 11 heteroatoms. The molecule has 0 saturated heterocycles. The molecular weight excluding hydrogens is 430 g/mol. The molecule has 0 spiro atoms. The molecule has 0 radical (unpaired) electrons. The highest BCUT2D eigenvalue weighted by Crippen LogP contribution is 2.38. The van der Waals surface area contributed by atoms with Crippen LogP contribution in [0.2, 0.25) is 0 Å². The van der Waals surface area contributed by atoms with E-state index in [1.807, 2.05) is 0 Å². The van der Waals surface area contributed by atoms with Gasteiger partial charge in [-0.2, -0.15) is 5.10 Å². The summed E-state index contributed by atoms with van der Waals surface area (Å²) in [6.45, 7) is 3.49. The van der Waals surface area contributed by atoms with Crippen LogP contribution in [0.3, 0.4) is 0 Å². The van der Waals surface area contributed by atoms with Crippen LogP contribution in [0.15, 0.2) is 46.3 Å². The van der Waals surface area contributed by atoms with Gasteiger partial charge >= 0.3 is 5.69 Å². The third-order valence-corrected chi connectivity index (χ3v) is 4.49. The highest BCUT2D eigenvalue weighted by Gasteiger charge is 2.23. The molecule has 0 aliphatic rings. The average molecular weight is 453 g/mol. The fourth-order valence-corrected chi connectivity index (χ4v) is 3.03. The maximum Gasteiger partial charge on any atom is 0.315 e. The predicted molar refractivity (Wildman–Crippen MR) is 122 cm³/mol. The van der Waals surface area contributed by atoms with E-state index in [1.54, 1.807) is 38.1 Å². The Bertz CT molecular complexity index is 1270. The second kappa shape index (κ2) is 10.4. The summed E-state index contributed by atoms with van der Waals surface area (Å²) in [5.74, 6) is -0.249. The molecule has 0 atom stereocenters. The summed E-state index contributed by atoms with van der Waals surface area (Å²) in [5.41, 5.74) is 3.54. The number of rotatable bonds is 9. The first kappa shape index (κ1) is 23.4. The predicted octanol–water partition coefficient (Wildman–Crippen LogP) is 2.71. The number of amides is 1. The number of carbonyl (C=O) groups is 1. The number of carbonyl (C=O) groups excluding carboxylic acids is 1. The normalized spacial score (nSPS) is 11.2. The number of nitro benzene ring substituents is 1. The number of methoxy groups -OCH3 is 1. The summed E-state index contributed by atoms with van der Waals surface area (Å²) in [6.07, 6.45) is 1.08. The number of ether oxygens (including phenoxy) is 2. The van der Waals surface area contributed by atoms with E-state index in [0.717, 1.165) is 0 Å². The van der Waals surface area contributed by atoms with E-state index in [2.05, 4.69) is 20.5 Å². The minimum Gasteiger partial charge on any atom is -0.493 e. The standard InChI is InChI=1S/C22H23N5O6/c1-13(2)33-21-18(27(30)31)10-14(11-19(21)32-3)12-23-26-20(28)9-8-17-22(29)25-16-7-5-4-6-15(16)24-17/h4-7,10-13H,8-9H2,1-3H3,(H,25,29)(H,26,28)/b23-12-. The van der Waals surface area contributed by atoms with E-state index in [-0.39, 0.29) is 47.4 Å². The van der Waals surface area contributed by atoms with E-state index in [4.69, 9.17) is 9.47 Å². The Morgan fingerprint density at radius 2 is 2.09 bits per heavy atom. The highest BCUT2D eigenvalue weighted by atomic mass is 16.6. The summed E-state index contributed by atoms with van der Waals surface area (Å²) in [7, 11) is 1.37. The number of nitrogens with zero attached hydrogens (tertiary/aromatic N) is 3. The third-order valence-electron chi connectivity index (χ3n) is 4.49. The van der Waals surface area contributed by atoms with Crippen LogP contribution in [0.1, 0.15) is 31.5 Å². The van der Waals surface area contributed by atoms with Gasteiger partial charge in [0, 0.05) is 24.5 Å². The fourth-order valence-electron chi connectivity index (χ4n) is 3.03. The van der Waals surface area contributed by atoms with Crippen LogP contribution in [0.4, 0.5) is 5.69 Å². The van der Waals surface area contributed by atoms with Crippen LogP contribution in [0, 0.1) is 10.1 Å². The van der Waals surface area contributed by atoms with E-state index in [9.17, 15) is 19.7 Å². The maximum absolute atomic E-state index is 12.1. The second-order valence-electron chi connectivity index (χ2n) is 7.32. The first-order chi connectivity index (χ1) is 15.8. The van der Waals surface area contributed by atoms with Gasteiger partial charge in [-0.05, 0) is 32.0 Å². The SMILES string of the molecule is COc1cc(/C=N\NC(=O)CCc2nc3ccccc3[nH]c2=O)cc([N+](=O)[O-])c1OC(C)C. The van der Waals surface area contributed by atoms with Crippen molar-refractivity contribution in [3.63, 3.8) is 0 Å². The highest BCUT2D eigenvalue weighted by molar-refractivity contribution is 5.85. The van der Waals surface area contributed by atoms with Crippen molar-refractivity contribution in [2.45, 2.75) is 32.8 Å². The van der Waals surface area contributed by atoms with Crippen molar-refractivity contribution in [1.82, 2.24) is 15.4 Å². The summed E-state index contributed by atoms with van der Waals surface area (Å²) in [6, 6.07) is 9.90. The topological polar surface area (TPSA) is 149 Å². The second-order valence-corrected chi connectivity index (χ2v) is 7.32. The number of aryl methyl sites for hydroxylation is 1. The fraction of sp³-hybridized carbons (Fsp3) is 0.273. The molecule has 2 N–H and O–H groups in total. The number of aromatic nitrogens is 2. The number of hydrogen-bond acceptors (Lipinski definition) is 8. The molecular formula is C22H23N5O6. The Labute approximate surface area is 188 Å². The number of benzene rings is 2. The smallest absolute Gasteiger partial charge is 0.315 e. The van der Waals surface area contributed by atoms with Crippen LogP contribution < -0.4 is 20.5 Å². The number of fused-ring (bicyclic) bond motifs is 1. The minimum atomic E-state index is -0.579. The van der Waals surface area contributed by atoms with Crippen molar-refractivity contribution in [3.05, 3.63) is 68.1 Å². The number of nitrogens with one attached hydrogen (secondary N) is 2. The Morgan fingerprint density at radius 3 is 2.79 bits per heavy atom. The number of nitro groups is 1. The third kappa shape index (κ3) is 5.91. The molecule has 1 heterocycles. The van der Waals surface area contributed by atoms with Crippen LogP contribution in [-0.4, -0.2) is 40.2 Å². The Morgan fingerprint density at radius 1 is 1.33 bits per heavy atom. The molecule has 172 valence electrons. The van der Waals surface area contributed by atoms with Crippen LogP contribution in [0.5, 0.6) is 11.5 Å². The van der Waals surface area contributed by atoms with Gasteiger partial charge in [-0.25, -0.2) is 10.4 Å². The number of hydrazone groups is 1. The number of aromatic amines is 1. The maximum atomic E-state index is 12.1. The zero-order chi connectivity index (χ0) is 24.0. The molecule has 2 aromatic carbocycles.